The van der Waals surface area contributed by atoms with E-state index in [-0.39, 0.29) is 6.04 Å². The first-order valence-electron chi connectivity index (χ1n) is 9.28. The molecule has 0 radical (unpaired) electrons. The summed E-state index contributed by atoms with van der Waals surface area (Å²) in [6.45, 7) is 6.36. The van der Waals surface area contributed by atoms with Crippen LogP contribution in [0.4, 0.5) is 0 Å². The van der Waals surface area contributed by atoms with Gasteiger partial charge in [0.05, 0.1) is 12.8 Å². The summed E-state index contributed by atoms with van der Waals surface area (Å²) in [5.41, 5.74) is 2.96. The molecule has 7 nitrogen and oxygen atoms in total. The SMILES string of the molecule is C=CCOc1ccc(/C=N\NC(=O)C(=O)NC2CCCCC2)cc1OCC. The molecule has 1 aliphatic rings. The average molecular weight is 373 g/mol. The Labute approximate surface area is 159 Å². The number of ether oxygens (including phenoxy) is 2. The van der Waals surface area contributed by atoms with Crippen molar-refractivity contribution in [2.24, 2.45) is 5.10 Å². The van der Waals surface area contributed by atoms with E-state index in [1.807, 2.05) is 6.92 Å². The maximum Gasteiger partial charge on any atom is 0.329 e. The zero-order valence-corrected chi connectivity index (χ0v) is 15.7. The lowest BCUT2D eigenvalue weighted by Gasteiger charge is -2.22. The van der Waals surface area contributed by atoms with E-state index in [1.165, 1.54) is 12.6 Å². The van der Waals surface area contributed by atoms with Crippen LogP contribution in [0.15, 0.2) is 36.0 Å². The third-order valence-corrected chi connectivity index (χ3v) is 4.15. The van der Waals surface area contributed by atoms with E-state index in [4.69, 9.17) is 9.47 Å². The molecule has 2 amide bonds. The van der Waals surface area contributed by atoms with Crippen molar-refractivity contribution in [3.05, 3.63) is 36.4 Å². The highest BCUT2D eigenvalue weighted by Gasteiger charge is 2.19. The monoisotopic (exact) mass is 373 g/mol. The lowest BCUT2D eigenvalue weighted by atomic mass is 9.95. The van der Waals surface area contributed by atoms with Gasteiger partial charge >= 0.3 is 11.8 Å². The van der Waals surface area contributed by atoms with Gasteiger partial charge in [0.1, 0.15) is 6.61 Å². The van der Waals surface area contributed by atoms with E-state index in [9.17, 15) is 9.59 Å². The summed E-state index contributed by atoms with van der Waals surface area (Å²) in [6, 6.07) is 5.36. The van der Waals surface area contributed by atoms with Crippen molar-refractivity contribution in [1.29, 1.82) is 0 Å². The minimum Gasteiger partial charge on any atom is -0.490 e. The van der Waals surface area contributed by atoms with Crippen LogP contribution in [0, 0.1) is 0 Å². The minimum absolute atomic E-state index is 0.0813. The lowest BCUT2D eigenvalue weighted by Crippen LogP contribution is -2.44. The van der Waals surface area contributed by atoms with Gasteiger partial charge in [-0.2, -0.15) is 5.10 Å². The fourth-order valence-corrected chi connectivity index (χ4v) is 2.86. The average Bonchev–Trinajstić information content (AvgIpc) is 2.68. The first-order valence-corrected chi connectivity index (χ1v) is 9.28. The van der Waals surface area contributed by atoms with Crippen LogP contribution in [0.2, 0.25) is 0 Å². The Kier molecular flexibility index (Phi) is 8.35. The van der Waals surface area contributed by atoms with Crippen LogP contribution in [-0.4, -0.2) is 37.3 Å². The highest BCUT2D eigenvalue weighted by Crippen LogP contribution is 2.28. The van der Waals surface area contributed by atoms with Crippen molar-refractivity contribution in [3.63, 3.8) is 0 Å². The molecule has 27 heavy (non-hydrogen) atoms. The van der Waals surface area contributed by atoms with Gasteiger partial charge in [0, 0.05) is 6.04 Å². The van der Waals surface area contributed by atoms with E-state index in [2.05, 4.69) is 22.4 Å². The van der Waals surface area contributed by atoms with Crippen LogP contribution in [0.5, 0.6) is 11.5 Å². The molecular formula is C20H27N3O4. The number of benzene rings is 1. The van der Waals surface area contributed by atoms with Gasteiger partial charge < -0.3 is 14.8 Å². The number of hydrogen-bond acceptors (Lipinski definition) is 5. The van der Waals surface area contributed by atoms with Gasteiger partial charge in [-0.3, -0.25) is 9.59 Å². The van der Waals surface area contributed by atoms with Gasteiger partial charge in [-0.15, -0.1) is 0 Å². The summed E-state index contributed by atoms with van der Waals surface area (Å²) in [7, 11) is 0. The molecule has 0 aliphatic heterocycles. The highest BCUT2D eigenvalue weighted by atomic mass is 16.5. The van der Waals surface area contributed by atoms with E-state index < -0.39 is 11.8 Å². The molecule has 0 unspecified atom stereocenters. The number of amides is 2. The molecule has 0 atom stereocenters. The van der Waals surface area contributed by atoms with Gasteiger partial charge in [0.15, 0.2) is 11.5 Å². The maximum absolute atomic E-state index is 11.9. The number of carbonyl (C=O) groups is 2. The molecule has 1 aromatic rings. The number of nitrogens with one attached hydrogen (secondary N) is 2. The third-order valence-electron chi connectivity index (χ3n) is 4.15. The lowest BCUT2D eigenvalue weighted by molar-refractivity contribution is -0.139. The standard InChI is InChI=1S/C20H27N3O4/c1-3-12-27-17-11-10-15(13-18(17)26-4-2)14-21-23-20(25)19(24)22-16-8-6-5-7-9-16/h3,10-11,13-14,16H,1,4-9,12H2,2H3,(H,22,24)(H,23,25)/b21-14-. The molecule has 1 aliphatic carbocycles. The molecule has 0 aromatic heterocycles. The smallest absolute Gasteiger partial charge is 0.329 e. The predicted molar refractivity (Wildman–Crippen MR) is 104 cm³/mol. The van der Waals surface area contributed by atoms with Gasteiger partial charge in [0.2, 0.25) is 0 Å². The summed E-state index contributed by atoms with van der Waals surface area (Å²) in [5.74, 6) is -0.246. The Balaban J connectivity index is 1.90. The molecule has 0 saturated heterocycles. The molecule has 1 fully saturated rings. The van der Waals surface area contributed by atoms with Crippen molar-refractivity contribution < 1.29 is 19.1 Å². The molecule has 146 valence electrons. The number of hydrazone groups is 1. The second-order valence-corrected chi connectivity index (χ2v) is 6.25. The van der Waals surface area contributed by atoms with Crippen LogP contribution in [0.1, 0.15) is 44.6 Å². The van der Waals surface area contributed by atoms with Gasteiger partial charge in [0.25, 0.3) is 0 Å². The number of hydrogen-bond donors (Lipinski definition) is 2. The normalized spacial score (nSPS) is 14.6. The fourth-order valence-electron chi connectivity index (χ4n) is 2.86. The third kappa shape index (κ3) is 6.77. The second kappa shape index (κ2) is 11.0. The van der Waals surface area contributed by atoms with Crippen molar-refractivity contribution in [1.82, 2.24) is 10.7 Å². The Morgan fingerprint density at radius 2 is 1.96 bits per heavy atom. The quantitative estimate of drug-likeness (QED) is 0.317. The summed E-state index contributed by atoms with van der Waals surface area (Å²) in [4.78, 5) is 23.8. The summed E-state index contributed by atoms with van der Waals surface area (Å²) in [6.07, 6.45) is 8.29. The van der Waals surface area contributed by atoms with Crippen LogP contribution in [0.3, 0.4) is 0 Å². The van der Waals surface area contributed by atoms with Crippen LogP contribution < -0.4 is 20.2 Å². The second-order valence-electron chi connectivity index (χ2n) is 6.25. The zero-order valence-electron chi connectivity index (χ0n) is 15.7. The summed E-state index contributed by atoms with van der Waals surface area (Å²) < 4.78 is 11.1. The summed E-state index contributed by atoms with van der Waals surface area (Å²) in [5, 5.41) is 6.60. The molecule has 1 aromatic carbocycles. The highest BCUT2D eigenvalue weighted by molar-refractivity contribution is 6.35. The Bertz CT molecular complexity index is 682. The topological polar surface area (TPSA) is 89.0 Å². The van der Waals surface area contributed by atoms with Gasteiger partial charge in [-0.1, -0.05) is 31.9 Å². The Morgan fingerprint density at radius 3 is 2.67 bits per heavy atom. The van der Waals surface area contributed by atoms with Gasteiger partial charge in [-0.25, -0.2) is 5.43 Å². The van der Waals surface area contributed by atoms with Crippen LogP contribution in [0.25, 0.3) is 0 Å². The number of carbonyl (C=O) groups excluding carboxylic acids is 2. The maximum atomic E-state index is 11.9. The fraction of sp³-hybridized carbons (Fsp3) is 0.450. The Morgan fingerprint density at radius 1 is 1.19 bits per heavy atom. The number of nitrogens with zero attached hydrogens (tertiary/aromatic N) is 1. The van der Waals surface area contributed by atoms with E-state index in [1.54, 1.807) is 24.3 Å². The molecular weight excluding hydrogens is 346 g/mol. The molecule has 0 spiro atoms. The van der Waals surface area contributed by atoms with Crippen LogP contribution >= 0.6 is 0 Å². The van der Waals surface area contributed by atoms with Crippen LogP contribution in [-0.2, 0) is 9.59 Å². The minimum atomic E-state index is -0.771. The van der Waals surface area contributed by atoms with E-state index in [0.29, 0.717) is 30.3 Å². The molecule has 2 N–H and O–H groups in total. The number of rotatable bonds is 8. The largest absolute Gasteiger partial charge is 0.490 e. The zero-order chi connectivity index (χ0) is 19.5. The Hall–Kier alpha value is -2.83. The van der Waals surface area contributed by atoms with E-state index >= 15 is 0 Å². The van der Waals surface area contributed by atoms with Crippen molar-refractivity contribution in [3.8, 4) is 11.5 Å². The van der Waals surface area contributed by atoms with E-state index in [0.717, 1.165) is 25.7 Å². The first-order chi connectivity index (χ1) is 13.1. The molecule has 0 bridgehead atoms. The molecule has 7 heteroatoms. The molecule has 1 saturated carbocycles. The molecule has 0 heterocycles. The predicted octanol–water partition coefficient (Wildman–Crippen LogP) is 2.55. The first kappa shape index (κ1) is 20.5. The van der Waals surface area contributed by atoms with Crippen molar-refractivity contribution in [2.45, 2.75) is 45.1 Å². The van der Waals surface area contributed by atoms with Gasteiger partial charge in [-0.05, 0) is 43.5 Å². The summed E-state index contributed by atoms with van der Waals surface area (Å²) >= 11 is 0. The van der Waals surface area contributed by atoms with Crippen molar-refractivity contribution in [2.75, 3.05) is 13.2 Å². The van der Waals surface area contributed by atoms with Crippen molar-refractivity contribution >= 4 is 18.0 Å². The molecule has 2 rings (SSSR count).